The number of ether oxygens (including phenoxy) is 2. The van der Waals surface area contributed by atoms with E-state index in [1.807, 2.05) is 34.6 Å². The number of aromatic nitrogens is 3. The van der Waals surface area contributed by atoms with Gasteiger partial charge in [0.05, 0.1) is 17.7 Å². The molecular weight excluding hydrogens is 488 g/mol. The molecule has 3 atom stereocenters. The van der Waals surface area contributed by atoms with Gasteiger partial charge in [0.1, 0.15) is 23.5 Å². The van der Waals surface area contributed by atoms with E-state index in [0.717, 1.165) is 15.4 Å². The number of benzene rings is 1. The van der Waals surface area contributed by atoms with Crippen molar-refractivity contribution in [3.8, 4) is 10.6 Å². The van der Waals surface area contributed by atoms with Crippen LogP contribution in [-0.4, -0.2) is 45.4 Å². The molecule has 8 nitrogen and oxygen atoms in total. The third-order valence-electron chi connectivity index (χ3n) is 5.58. The highest BCUT2D eigenvalue weighted by Crippen LogP contribution is 2.32. The number of cyclic esters (lactones) is 1. The van der Waals surface area contributed by atoms with Gasteiger partial charge in [0.2, 0.25) is 5.95 Å². The summed E-state index contributed by atoms with van der Waals surface area (Å²) in [5, 5.41) is 3.97. The Morgan fingerprint density at radius 2 is 1.89 bits per heavy atom. The molecule has 0 spiro atoms. The van der Waals surface area contributed by atoms with Crippen molar-refractivity contribution in [1.82, 2.24) is 15.0 Å². The quantitative estimate of drug-likeness (QED) is 0.378. The fraction of sp³-hybridized carbons (Fsp3) is 0.440. The van der Waals surface area contributed by atoms with Crippen molar-refractivity contribution in [3.63, 3.8) is 0 Å². The SMILES string of the molecule is C[C@H](Nc1nccc(N2C(=O)OC[C@@H]2[C@@H](C)OC(C)(C)C)n1)c1cnc(-c2ccc(C(F)F)cc2)s1. The lowest BCUT2D eigenvalue weighted by atomic mass is 10.1. The minimum atomic E-state index is -2.50. The second-order valence-electron chi connectivity index (χ2n) is 9.54. The van der Waals surface area contributed by atoms with Crippen molar-refractivity contribution in [2.24, 2.45) is 0 Å². The van der Waals surface area contributed by atoms with Gasteiger partial charge in [-0.25, -0.2) is 23.5 Å². The van der Waals surface area contributed by atoms with Crippen LogP contribution >= 0.6 is 11.3 Å². The Balaban J connectivity index is 1.47. The van der Waals surface area contributed by atoms with Crippen LogP contribution < -0.4 is 10.2 Å². The minimum absolute atomic E-state index is 0.0221. The first-order chi connectivity index (χ1) is 17.0. The smallest absolute Gasteiger partial charge is 0.416 e. The highest BCUT2D eigenvalue weighted by atomic mass is 32.1. The van der Waals surface area contributed by atoms with E-state index in [9.17, 15) is 13.6 Å². The summed E-state index contributed by atoms with van der Waals surface area (Å²) < 4.78 is 37.0. The Morgan fingerprint density at radius 3 is 2.56 bits per heavy atom. The number of amides is 1. The summed E-state index contributed by atoms with van der Waals surface area (Å²) >= 11 is 1.45. The van der Waals surface area contributed by atoms with Gasteiger partial charge in [-0.05, 0) is 40.7 Å². The van der Waals surface area contributed by atoms with E-state index in [4.69, 9.17) is 9.47 Å². The highest BCUT2D eigenvalue weighted by molar-refractivity contribution is 7.15. The van der Waals surface area contributed by atoms with Crippen LogP contribution in [0.25, 0.3) is 10.6 Å². The molecule has 4 rings (SSSR count). The van der Waals surface area contributed by atoms with Gasteiger partial charge in [0.15, 0.2) is 0 Å². The van der Waals surface area contributed by atoms with Crippen LogP contribution in [0.3, 0.4) is 0 Å². The lowest BCUT2D eigenvalue weighted by Crippen LogP contribution is -2.45. The molecule has 1 saturated heterocycles. The molecule has 192 valence electrons. The number of thiazole rings is 1. The van der Waals surface area contributed by atoms with Crippen molar-refractivity contribution in [2.45, 2.75) is 64.8 Å². The Bertz CT molecular complexity index is 1200. The van der Waals surface area contributed by atoms with Crippen LogP contribution in [0, 0.1) is 0 Å². The largest absolute Gasteiger partial charge is 0.447 e. The second kappa shape index (κ2) is 10.4. The number of hydrogen-bond donors (Lipinski definition) is 1. The van der Waals surface area contributed by atoms with E-state index in [0.29, 0.717) is 11.8 Å². The monoisotopic (exact) mass is 517 g/mol. The molecule has 1 amide bonds. The average Bonchev–Trinajstić information content (AvgIpc) is 3.45. The zero-order chi connectivity index (χ0) is 26.0. The van der Waals surface area contributed by atoms with E-state index >= 15 is 0 Å². The van der Waals surface area contributed by atoms with Crippen molar-refractivity contribution < 1.29 is 23.0 Å². The molecule has 1 aliphatic heterocycles. The highest BCUT2D eigenvalue weighted by Gasteiger charge is 2.40. The third kappa shape index (κ3) is 5.96. The van der Waals surface area contributed by atoms with E-state index in [1.54, 1.807) is 30.6 Å². The van der Waals surface area contributed by atoms with E-state index in [-0.39, 0.29) is 36.0 Å². The number of nitrogens with zero attached hydrogens (tertiary/aromatic N) is 4. The number of halogens is 2. The lowest BCUT2D eigenvalue weighted by molar-refractivity contribution is -0.0618. The molecule has 1 N–H and O–H groups in total. The summed E-state index contributed by atoms with van der Waals surface area (Å²) in [6.07, 6.45) is 0.0665. The van der Waals surface area contributed by atoms with Crippen LogP contribution in [0.1, 0.15) is 57.5 Å². The van der Waals surface area contributed by atoms with Crippen LogP contribution in [0.5, 0.6) is 0 Å². The number of rotatable bonds is 8. The first-order valence-electron chi connectivity index (χ1n) is 11.6. The maximum atomic E-state index is 12.8. The van der Waals surface area contributed by atoms with Crippen LogP contribution in [0.4, 0.5) is 25.3 Å². The van der Waals surface area contributed by atoms with Gasteiger partial charge >= 0.3 is 6.09 Å². The van der Waals surface area contributed by atoms with Crippen molar-refractivity contribution in [1.29, 1.82) is 0 Å². The van der Waals surface area contributed by atoms with Crippen molar-refractivity contribution in [2.75, 3.05) is 16.8 Å². The number of anilines is 2. The second-order valence-corrected chi connectivity index (χ2v) is 10.6. The fourth-order valence-electron chi connectivity index (χ4n) is 3.89. The summed E-state index contributed by atoms with van der Waals surface area (Å²) in [7, 11) is 0. The molecular formula is C25H29F2N5O3S. The number of carbonyl (C=O) groups excluding carboxylic acids is 1. The molecule has 0 saturated carbocycles. The molecule has 1 fully saturated rings. The molecule has 0 bridgehead atoms. The van der Waals surface area contributed by atoms with Gasteiger partial charge in [-0.15, -0.1) is 11.3 Å². The van der Waals surface area contributed by atoms with E-state index in [1.165, 1.54) is 28.4 Å². The predicted molar refractivity (Wildman–Crippen MR) is 134 cm³/mol. The fourth-order valence-corrected chi connectivity index (χ4v) is 4.81. The Hall–Kier alpha value is -3.18. The van der Waals surface area contributed by atoms with Crippen LogP contribution in [0.2, 0.25) is 0 Å². The molecule has 0 unspecified atom stereocenters. The Kier molecular flexibility index (Phi) is 7.51. The normalized spacial score (nSPS) is 17.8. The maximum absolute atomic E-state index is 12.8. The molecule has 0 aliphatic carbocycles. The van der Waals surface area contributed by atoms with Gasteiger partial charge in [-0.3, -0.25) is 4.90 Å². The summed E-state index contributed by atoms with van der Waals surface area (Å²) in [6, 6.07) is 7.26. The van der Waals surface area contributed by atoms with Gasteiger partial charge < -0.3 is 14.8 Å². The van der Waals surface area contributed by atoms with Gasteiger partial charge in [0, 0.05) is 28.4 Å². The molecule has 1 aliphatic rings. The average molecular weight is 518 g/mol. The van der Waals surface area contributed by atoms with Gasteiger partial charge in [-0.2, -0.15) is 4.98 Å². The molecule has 11 heteroatoms. The third-order valence-corrected chi connectivity index (χ3v) is 6.81. The number of carbonyl (C=O) groups is 1. The molecule has 36 heavy (non-hydrogen) atoms. The first kappa shape index (κ1) is 25.9. The topological polar surface area (TPSA) is 89.5 Å². The van der Waals surface area contributed by atoms with Crippen LogP contribution in [0.15, 0.2) is 42.7 Å². The molecule has 0 radical (unpaired) electrons. The van der Waals surface area contributed by atoms with Gasteiger partial charge in [-0.1, -0.05) is 24.3 Å². The molecule has 3 heterocycles. The molecule has 3 aromatic rings. The lowest BCUT2D eigenvalue weighted by Gasteiger charge is -2.31. The standard InChI is InChI=1S/C25H29F2N5O3S/c1-14(19-12-29-22(36-19)17-8-6-16(7-9-17)21(26)27)30-23-28-11-10-20(31-23)32-18(13-34-24(32)33)15(2)35-25(3,4)5/h6-12,14-15,18,21H,13H2,1-5H3,(H,28,30,31)/t14-,15+,18+/m0/s1. The Labute approximate surface area is 212 Å². The van der Waals surface area contributed by atoms with Crippen LogP contribution in [-0.2, 0) is 9.47 Å². The minimum Gasteiger partial charge on any atom is -0.447 e. The van der Waals surface area contributed by atoms with E-state index < -0.39 is 12.5 Å². The summed E-state index contributed by atoms with van der Waals surface area (Å²) in [4.78, 5) is 28.2. The number of nitrogens with one attached hydrogen (secondary N) is 1. The number of hydrogen-bond acceptors (Lipinski definition) is 8. The Morgan fingerprint density at radius 1 is 1.17 bits per heavy atom. The summed E-state index contributed by atoms with van der Waals surface area (Å²) in [5.41, 5.74) is 0.376. The zero-order valence-corrected chi connectivity index (χ0v) is 21.6. The van der Waals surface area contributed by atoms with Crippen molar-refractivity contribution in [3.05, 3.63) is 53.2 Å². The summed E-state index contributed by atoms with van der Waals surface area (Å²) in [6.45, 7) is 9.95. The van der Waals surface area contributed by atoms with Gasteiger partial charge in [0.25, 0.3) is 6.43 Å². The zero-order valence-electron chi connectivity index (χ0n) is 20.7. The number of alkyl halides is 2. The molecule has 2 aromatic heterocycles. The van der Waals surface area contributed by atoms with E-state index in [2.05, 4.69) is 20.3 Å². The first-order valence-corrected chi connectivity index (χ1v) is 12.4. The van der Waals surface area contributed by atoms with Crippen molar-refractivity contribution >= 4 is 29.2 Å². The predicted octanol–water partition coefficient (Wildman–Crippen LogP) is 6.24. The molecule has 1 aromatic carbocycles. The maximum Gasteiger partial charge on any atom is 0.416 e. The summed E-state index contributed by atoms with van der Waals surface area (Å²) in [5.74, 6) is 0.764.